The lowest BCUT2D eigenvalue weighted by molar-refractivity contribution is 0.669. The van der Waals surface area contributed by atoms with Gasteiger partial charge in [-0.25, -0.2) is 4.99 Å². The number of hydrogen-bond acceptors (Lipinski definition) is 3. The van der Waals surface area contributed by atoms with Crippen molar-refractivity contribution in [3.8, 4) is 5.69 Å². The van der Waals surface area contributed by atoms with Gasteiger partial charge in [0, 0.05) is 32.8 Å². The topological polar surface area (TPSA) is 46.6 Å². The molecule has 5 nitrogen and oxygen atoms in total. The maximum atomic E-state index is 5.47. The molecule has 0 amide bonds. The second-order valence-corrected chi connectivity index (χ2v) is 13.5. The van der Waals surface area contributed by atoms with Gasteiger partial charge in [-0.3, -0.25) is 4.57 Å². The highest BCUT2D eigenvalue weighted by atomic mass is 15.3. The summed E-state index contributed by atoms with van der Waals surface area (Å²) in [6.45, 7) is 0. The lowest BCUT2D eigenvalue weighted by Crippen LogP contribution is -2.35. The number of hydrogen-bond donors (Lipinski definition) is 1. The van der Waals surface area contributed by atoms with Crippen LogP contribution in [-0.2, 0) is 0 Å². The van der Waals surface area contributed by atoms with Crippen LogP contribution in [0.25, 0.3) is 70.8 Å². The summed E-state index contributed by atoms with van der Waals surface area (Å²) in [4.78, 5) is 10.9. The normalized spacial score (nSPS) is 14.7. The molecule has 1 atom stereocenters. The minimum absolute atomic E-state index is 0.361. The van der Waals surface area contributed by atoms with Crippen LogP contribution in [0, 0.1) is 0 Å². The second kappa shape index (κ2) is 11.3. The van der Waals surface area contributed by atoms with Gasteiger partial charge >= 0.3 is 0 Å². The molecule has 2 aromatic heterocycles. The van der Waals surface area contributed by atoms with E-state index in [2.05, 4.69) is 190 Å². The van der Waals surface area contributed by atoms with E-state index in [0.29, 0.717) is 5.96 Å². The molecule has 0 fully saturated rings. The van der Waals surface area contributed by atoms with Gasteiger partial charge in [-0.1, -0.05) is 133 Å². The van der Waals surface area contributed by atoms with Crippen molar-refractivity contribution in [3.63, 3.8) is 0 Å². The van der Waals surface area contributed by atoms with Crippen molar-refractivity contribution in [2.24, 2.45) is 9.98 Å². The summed E-state index contributed by atoms with van der Waals surface area (Å²) in [7, 11) is 0. The van der Waals surface area contributed by atoms with Gasteiger partial charge in [-0.15, -0.1) is 0 Å². The molecule has 0 radical (unpaired) electrons. The van der Waals surface area contributed by atoms with Crippen molar-refractivity contribution in [1.29, 1.82) is 0 Å². The van der Waals surface area contributed by atoms with Crippen molar-refractivity contribution < 1.29 is 0 Å². The highest BCUT2D eigenvalue weighted by Gasteiger charge is 2.26. The fourth-order valence-corrected chi connectivity index (χ4v) is 8.14. The van der Waals surface area contributed by atoms with Crippen LogP contribution in [0.2, 0.25) is 0 Å². The standard InChI is InChI=1S/C47H31N5/c1-2-16-36(17-3-1)51-41-21-11-9-19-39(41)43-42(51)27-26-38-37-18-8-10-20-40(37)52(44(38)43)47-49-45(34-24-22-30-12-4-6-14-32(30)28-34)48-46(50-47)35-25-23-31-13-5-7-15-33(31)29-35/h1-29,45H,(H,48,49,50). The fourth-order valence-electron chi connectivity index (χ4n) is 8.14. The lowest BCUT2D eigenvalue weighted by Gasteiger charge is -2.25. The molecule has 5 heteroatoms. The first kappa shape index (κ1) is 28.8. The summed E-state index contributed by atoms with van der Waals surface area (Å²) < 4.78 is 4.67. The molecule has 3 heterocycles. The largest absolute Gasteiger partial charge is 0.344 e. The molecule has 1 unspecified atom stereocenters. The molecule has 0 aliphatic carbocycles. The zero-order chi connectivity index (χ0) is 34.2. The van der Waals surface area contributed by atoms with Crippen molar-refractivity contribution in [2.75, 3.05) is 0 Å². The molecule has 52 heavy (non-hydrogen) atoms. The molecular weight excluding hydrogens is 635 g/mol. The third-order valence-corrected chi connectivity index (χ3v) is 10.5. The van der Waals surface area contributed by atoms with Crippen LogP contribution in [0.3, 0.4) is 0 Å². The zero-order valence-electron chi connectivity index (χ0n) is 28.1. The molecular formula is C47H31N5. The molecule has 1 aliphatic heterocycles. The number of amidine groups is 1. The summed E-state index contributed by atoms with van der Waals surface area (Å²) in [5.41, 5.74) is 7.70. The number of rotatable bonds is 3. The van der Waals surface area contributed by atoms with Crippen molar-refractivity contribution in [1.82, 2.24) is 14.5 Å². The van der Waals surface area contributed by atoms with Gasteiger partial charge in [0.25, 0.3) is 0 Å². The molecule has 1 N–H and O–H groups in total. The highest BCUT2D eigenvalue weighted by Crippen LogP contribution is 2.41. The average molecular weight is 666 g/mol. The number of benzene rings is 8. The Bertz CT molecular complexity index is 3110. The van der Waals surface area contributed by atoms with Crippen molar-refractivity contribution in [3.05, 3.63) is 187 Å². The number of fused-ring (bicyclic) bond motifs is 9. The van der Waals surface area contributed by atoms with Crippen LogP contribution >= 0.6 is 0 Å². The number of para-hydroxylation sites is 3. The van der Waals surface area contributed by atoms with E-state index in [1.165, 1.54) is 43.1 Å². The molecule has 10 aromatic rings. The zero-order valence-corrected chi connectivity index (χ0v) is 28.1. The molecule has 244 valence electrons. The van der Waals surface area contributed by atoms with E-state index < -0.39 is 0 Å². The van der Waals surface area contributed by atoms with Gasteiger partial charge in [-0.2, -0.15) is 4.99 Å². The summed E-state index contributed by atoms with van der Waals surface area (Å²) in [5.74, 6) is 1.44. The van der Waals surface area contributed by atoms with Gasteiger partial charge in [0.1, 0.15) is 12.0 Å². The van der Waals surface area contributed by atoms with Gasteiger partial charge in [-0.05, 0) is 69.6 Å². The Morgan fingerprint density at radius 3 is 1.88 bits per heavy atom. The third-order valence-electron chi connectivity index (χ3n) is 10.5. The predicted molar refractivity (Wildman–Crippen MR) is 217 cm³/mol. The third kappa shape index (κ3) is 4.36. The molecule has 8 aromatic carbocycles. The second-order valence-electron chi connectivity index (χ2n) is 13.5. The van der Waals surface area contributed by atoms with Crippen LogP contribution in [0.1, 0.15) is 17.3 Å². The molecule has 0 spiro atoms. The Labute approximate surface area is 299 Å². The minimum atomic E-state index is -0.361. The first-order valence-corrected chi connectivity index (χ1v) is 17.7. The molecule has 0 saturated carbocycles. The summed E-state index contributed by atoms with van der Waals surface area (Å²) in [5, 5.41) is 13.2. The van der Waals surface area contributed by atoms with E-state index in [0.717, 1.165) is 44.7 Å². The fraction of sp³-hybridized carbons (Fsp3) is 0.0213. The smallest absolute Gasteiger partial charge is 0.234 e. The van der Waals surface area contributed by atoms with E-state index in [9.17, 15) is 0 Å². The van der Waals surface area contributed by atoms with Gasteiger partial charge in [0.2, 0.25) is 5.96 Å². The van der Waals surface area contributed by atoms with E-state index >= 15 is 0 Å². The molecule has 11 rings (SSSR count). The Hall–Kier alpha value is -6.98. The van der Waals surface area contributed by atoms with Crippen molar-refractivity contribution in [2.45, 2.75) is 6.17 Å². The van der Waals surface area contributed by atoms with Crippen LogP contribution in [0.5, 0.6) is 0 Å². The van der Waals surface area contributed by atoms with Gasteiger partial charge < -0.3 is 9.88 Å². The van der Waals surface area contributed by atoms with Crippen LogP contribution in [0.15, 0.2) is 186 Å². The maximum Gasteiger partial charge on any atom is 0.234 e. The maximum absolute atomic E-state index is 5.47. The minimum Gasteiger partial charge on any atom is -0.344 e. The SMILES string of the molecule is c1ccc(-n2c3ccccc3c3c4c(ccc32)c2ccccc2n4C2=NC(c3ccc4ccccc4c3)NC(c3ccc4ccccc4c3)=N2)cc1. The monoisotopic (exact) mass is 665 g/mol. The Morgan fingerprint density at radius 2 is 1.10 bits per heavy atom. The van der Waals surface area contributed by atoms with Gasteiger partial charge in [0.05, 0.1) is 22.1 Å². The molecule has 0 bridgehead atoms. The first-order valence-electron chi connectivity index (χ1n) is 17.7. The first-order chi connectivity index (χ1) is 25.8. The van der Waals surface area contributed by atoms with Gasteiger partial charge in [0.15, 0.2) is 0 Å². The molecule has 1 aliphatic rings. The number of aromatic nitrogens is 2. The van der Waals surface area contributed by atoms with Crippen molar-refractivity contribution >= 4 is 77.0 Å². The van der Waals surface area contributed by atoms with Crippen LogP contribution in [0.4, 0.5) is 0 Å². The van der Waals surface area contributed by atoms with E-state index in [4.69, 9.17) is 9.98 Å². The van der Waals surface area contributed by atoms with E-state index in [-0.39, 0.29) is 6.17 Å². The number of nitrogens with one attached hydrogen (secondary N) is 1. The lowest BCUT2D eigenvalue weighted by atomic mass is 10.0. The highest BCUT2D eigenvalue weighted by molar-refractivity contribution is 6.28. The summed E-state index contributed by atoms with van der Waals surface area (Å²) in [6.07, 6.45) is -0.361. The average Bonchev–Trinajstić information content (AvgIpc) is 3.74. The quantitative estimate of drug-likeness (QED) is 0.201. The number of aliphatic imine (C=N–C) groups is 2. The summed E-state index contributed by atoms with van der Waals surface area (Å²) >= 11 is 0. The Morgan fingerprint density at radius 1 is 0.462 bits per heavy atom. The Kier molecular flexibility index (Phi) is 6.25. The van der Waals surface area contributed by atoms with Crippen LogP contribution < -0.4 is 5.32 Å². The number of nitrogens with zero attached hydrogens (tertiary/aromatic N) is 4. The molecule has 0 saturated heterocycles. The van der Waals surface area contributed by atoms with E-state index in [1.807, 2.05) is 0 Å². The van der Waals surface area contributed by atoms with Crippen LogP contribution in [-0.4, -0.2) is 20.9 Å². The predicted octanol–water partition coefficient (Wildman–Crippen LogP) is 11.2. The summed E-state index contributed by atoms with van der Waals surface area (Å²) in [6, 6.07) is 62.7. The van der Waals surface area contributed by atoms with E-state index in [1.54, 1.807) is 0 Å². The Balaban J connectivity index is 1.23.